The lowest BCUT2D eigenvalue weighted by molar-refractivity contribution is 0.154. The van der Waals surface area contributed by atoms with Crippen molar-refractivity contribution in [3.05, 3.63) is 28.5 Å². The molecule has 6 heteroatoms. The standard InChI is InChI=1S/C13H14BrN3O2/c1-8-15-11-3-2-9(14)6-12(11)17(8)10-4-5-16(7-10)13(18)19/h2-3,6,10H,4-5,7H2,1H3,(H,18,19). The number of halogens is 1. The maximum Gasteiger partial charge on any atom is 0.407 e. The van der Waals surface area contributed by atoms with Crippen LogP contribution in [0.2, 0.25) is 0 Å². The van der Waals surface area contributed by atoms with E-state index in [9.17, 15) is 4.79 Å². The van der Waals surface area contributed by atoms with Crippen LogP contribution in [0.4, 0.5) is 4.79 Å². The number of carboxylic acid groups (broad SMARTS) is 1. The number of aromatic nitrogens is 2. The molecule has 1 fully saturated rings. The highest BCUT2D eigenvalue weighted by Crippen LogP contribution is 2.29. The molecular weight excluding hydrogens is 310 g/mol. The molecule has 0 spiro atoms. The Bertz CT molecular complexity index is 653. The highest BCUT2D eigenvalue weighted by Gasteiger charge is 2.29. The van der Waals surface area contributed by atoms with Gasteiger partial charge in [0.2, 0.25) is 0 Å². The van der Waals surface area contributed by atoms with Gasteiger partial charge >= 0.3 is 6.09 Å². The Morgan fingerprint density at radius 2 is 2.32 bits per heavy atom. The molecule has 19 heavy (non-hydrogen) atoms. The Hall–Kier alpha value is -1.56. The van der Waals surface area contributed by atoms with E-state index in [2.05, 4.69) is 25.5 Å². The quantitative estimate of drug-likeness (QED) is 0.877. The van der Waals surface area contributed by atoms with Gasteiger partial charge in [-0.2, -0.15) is 0 Å². The summed E-state index contributed by atoms with van der Waals surface area (Å²) in [6.45, 7) is 3.10. The SMILES string of the molecule is Cc1nc2ccc(Br)cc2n1C1CCN(C(=O)O)C1. The predicted molar refractivity (Wildman–Crippen MR) is 75.4 cm³/mol. The third-order valence-electron chi connectivity index (χ3n) is 3.63. The number of rotatable bonds is 1. The summed E-state index contributed by atoms with van der Waals surface area (Å²) in [5, 5.41) is 9.05. The van der Waals surface area contributed by atoms with Crippen LogP contribution in [-0.2, 0) is 0 Å². The highest BCUT2D eigenvalue weighted by atomic mass is 79.9. The van der Waals surface area contributed by atoms with Crippen molar-refractivity contribution in [3.8, 4) is 0 Å². The molecule has 2 heterocycles. The fraction of sp³-hybridized carbons (Fsp3) is 0.385. The molecule has 1 amide bonds. The van der Waals surface area contributed by atoms with Crippen LogP contribution >= 0.6 is 15.9 Å². The Balaban J connectivity index is 2.03. The number of aryl methyl sites for hydroxylation is 1. The van der Waals surface area contributed by atoms with Gasteiger partial charge in [0.15, 0.2) is 0 Å². The molecule has 1 aromatic carbocycles. The summed E-state index contributed by atoms with van der Waals surface area (Å²) in [5.41, 5.74) is 2.01. The smallest absolute Gasteiger partial charge is 0.407 e. The number of nitrogens with zero attached hydrogens (tertiary/aromatic N) is 3. The number of hydrogen-bond acceptors (Lipinski definition) is 2. The minimum Gasteiger partial charge on any atom is -0.465 e. The summed E-state index contributed by atoms with van der Waals surface area (Å²) in [5.74, 6) is 0.935. The van der Waals surface area contributed by atoms with Gasteiger partial charge in [-0.05, 0) is 31.5 Å². The Labute approximate surface area is 119 Å². The molecular formula is C13H14BrN3O2. The van der Waals surface area contributed by atoms with Gasteiger partial charge in [0.1, 0.15) is 5.82 Å². The molecule has 1 saturated heterocycles. The first-order chi connectivity index (χ1) is 9.06. The van der Waals surface area contributed by atoms with E-state index in [-0.39, 0.29) is 6.04 Å². The molecule has 1 aliphatic heterocycles. The van der Waals surface area contributed by atoms with E-state index >= 15 is 0 Å². The molecule has 1 atom stereocenters. The average molecular weight is 324 g/mol. The first-order valence-corrected chi connectivity index (χ1v) is 6.97. The van der Waals surface area contributed by atoms with Crippen molar-refractivity contribution >= 4 is 33.1 Å². The van der Waals surface area contributed by atoms with Crippen molar-refractivity contribution in [1.29, 1.82) is 0 Å². The van der Waals surface area contributed by atoms with Crippen LogP contribution in [0.1, 0.15) is 18.3 Å². The third-order valence-corrected chi connectivity index (χ3v) is 4.12. The fourth-order valence-electron chi connectivity index (χ4n) is 2.77. The molecule has 2 aromatic rings. The molecule has 1 unspecified atom stereocenters. The van der Waals surface area contributed by atoms with E-state index in [1.54, 1.807) is 0 Å². The van der Waals surface area contributed by atoms with Gasteiger partial charge in [0.25, 0.3) is 0 Å². The number of amides is 1. The van der Waals surface area contributed by atoms with Crippen molar-refractivity contribution < 1.29 is 9.90 Å². The second-order valence-electron chi connectivity index (χ2n) is 4.83. The topological polar surface area (TPSA) is 58.4 Å². The predicted octanol–water partition coefficient (Wildman–Crippen LogP) is 3.03. The van der Waals surface area contributed by atoms with Crippen LogP contribution in [0.5, 0.6) is 0 Å². The van der Waals surface area contributed by atoms with Crippen LogP contribution in [0.25, 0.3) is 11.0 Å². The Morgan fingerprint density at radius 3 is 3.00 bits per heavy atom. The lowest BCUT2D eigenvalue weighted by atomic mass is 10.2. The molecule has 0 saturated carbocycles. The normalized spacial score (nSPS) is 19.3. The zero-order valence-electron chi connectivity index (χ0n) is 10.5. The van der Waals surface area contributed by atoms with Crippen LogP contribution in [0, 0.1) is 6.92 Å². The molecule has 1 aromatic heterocycles. The Kier molecular flexibility index (Phi) is 2.97. The zero-order valence-corrected chi connectivity index (χ0v) is 12.1. The largest absolute Gasteiger partial charge is 0.465 e. The lowest BCUT2D eigenvalue weighted by Crippen LogP contribution is -2.27. The molecule has 0 aliphatic carbocycles. The number of benzene rings is 1. The monoisotopic (exact) mass is 323 g/mol. The van der Waals surface area contributed by atoms with Gasteiger partial charge in [0.05, 0.1) is 17.1 Å². The fourth-order valence-corrected chi connectivity index (χ4v) is 3.12. The van der Waals surface area contributed by atoms with Gasteiger partial charge in [-0.25, -0.2) is 9.78 Å². The maximum atomic E-state index is 11.0. The van der Waals surface area contributed by atoms with Gasteiger partial charge in [-0.15, -0.1) is 0 Å². The van der Waals surface area contributed by atoms with Crippen molar-refractivity contribution in [3.63, 3.8) is 0 Å². The van der Waals surface area contributed by atoms with Crippen molar-refractivity contribution in [2.75, 3.05) is 13.1 Å². The van der Waals surface area contributed by atoms with Gasteiger partial charge in [0, 0.05) is 17.6 Å². The van der Waals surface area contributed by atoms with E-state index < -0.39 is 6.09 Å². The van der Waals surface area contributed by atoms with Crippen LogP contribution in [0.3, 0.4) is 0 Å². The van der Waals surface area contributed by atoms with Gasteiger partial charge < -0.3 is 14.6 Å². The number of imidazole rings is 1. The number of likely N-dealkylation sites (tertiary alicyclic amines) is 1. The summed E-state index contributed by atoms with van der Waals surface area (Å²) >= 11 is 3.47. The summed E-state index contributed by atoms with van der Waals surface area (Å²) in [6.07, 6.45) is -0.00349. The summed E-state index contributed by atoms with van der Waals surface area (Å²) < 4.78 is 3.16. The second kappa shape index (κ2) is 4.52. The summed E-state index contributed by atoms with van der Waals surface area (Å²) in [7, 11) is 0. The van der Waals surface area contributed by atoms with Gasteiger partial charge in [-0.3, -0.25) is 0 Å². The summed E-state index contributed by atoms with van der Waals surface area (Å²) in [6, 6.07) is 6.17. The number of carbonyl (C=O) groups is 1. The van der Waals surface area contributed by atoms with Crippen LogP contribution in [0.15, 0.2) is 22.7 Å². The van der Waals surface area contributed by atoms with Crippen molar-refractivity contribution in [2.45, 2.75) is 19.4 Å². The first-order valence-electron chi connectivity index (χ1n) is 6.18. The minimum atomic E-state index is -0.842. The van der Waals surface area contributed by atoms with E-state index in [0.29, 0.717) is 13.1 Å². The van der Waals surface area contributed by atoms with E-state index in [0.717, 1.165) is 27.8 Å². The van der Waals surface area contributed by atoms with Crippen molar-refractivity contribution in [2.24, 2.45) is 0 Å². The summed E-state index contributed by atoms with van der Waals surface area (Å²) in [4.78, 5) is 17.0. The highest BCUT2D eigenvalue weighted by molar-refractivity contribution is 9.10. The molecule has 100 valence electrons. The van der Waals surface area contributed by atoms with Gasteiger partial charge in [-0.1, -0.05) is 15.9 Å². The molecule has 0 bridgehead atoms. The molecule has 1 aliphatic rings. The number of hydrogen-bond donors (Lipinski definition) is 1. The second-order valence-corrected chi connectivity index (χ2v) is 5.75. The first kappa shape index (κ1) is 12.5. The zero-order chi connectivity index (χ0) is 13.6. The average Bonchev–Trinajstić information content (AvgIpc) is 2.92. The molecule has 0 radical (unpaired) electrons. The van der Waals surface area contributed by atoms with E-state index in [4.69, 9.17) is 5.11 Å². The number of fused-ring (bicyclic) bond motifs is 1. The molecule has 3 rings (SSSR count). The lowest BCUT2D eigenvalue weighted by Gasteiger charge is -2.16. The molecule has 1 N–H and O–H groups in total. The van der Waals surface area contributed by atoms with E-state index in [1.807, 2.05) is 25.1 Å². The Morgan fingerprint density at radius 1 is 1.53 bits per heavy atom. The van der Waals surface area contributed by atoms with Crippen LogP contribution in [-0.4, -0.2) is 38.7 Å². The van der Waals surface area contributed by atoms with E-state index in [1.165, 1.54) is 4.90 Å². The third kappa shape index (κ3) is 2.10. The molecule has 5 nitrogen and oxygen atoms in total. The minimum absolute atomic E-state index is 0.176. The van der Waals surface area contributed by atoms with Crippen LogP contribution < -0.4 is 0 Å². The van der Waals surface area contributed by atoms with Crippen molar-refractivity contribution in [1.82, 2.24) is 14.5 Å². The maximum absolute atomic E-state index is 11.0.